The Bertz CT molecular complexity index is 1410. The van der Waals surface area contributed by atoms with Crippen LogP contribution in [0.25, 0.3) is 21.1 Å². The highest BCUT2D eigenvalue weighted by Gasteiger charge is 2.33. The molecule has 6 nitrogen and oxygen atoms in total. The van der Waals surface area contributed by atoms with Crippen LogP contribution in [0.1, 0.15) is 29.3 Å². The van der Waals surface area contributed by atoms with E-state index in [1.54, 1.807) is 48.0 Å². The molecule has 9 heteroatoms. The zero-order valence-electron chi connectivity index (χ0n) is 15.8. The average Bonchev–Trinajstić information content (AvgIpc) is 3.31. The third-order valence-electron chi connectivity index (χ3n) is 5.03. The van der Waals surface area contributed by atoms with E-state index in [0.717, 1.165) is 14.2 Å². The fraction of sp³-hybridized carbons (Fsp3) is 0.143. The van der Waals surface area contributed by atoms with Gasteiger partial charge < -0.3 is 5.11 Å². The fourth-order valence-corrected chi connectivity index (χ4v) is 6.30. The number of benzene rings is 2. The number of thiazole rings is 1. The molecule has 0 saturated heterocycles. The number of hydrogen-bond acceptors (Lipinski definition) is 5. The van der Waals surface area contributed by atoms with Crippen molar-refractivity contribution in [2.45, 2.75) is 18.1 Å². The van der Waals surface area contributed by atoms with E-state index in [1.165, 1.54) is 24.3 Å². The van der Waals surface area contributed by atoms with Gasteiger partial charge in [-0.2, -0.15) is 0 Å². The summed E-state index contributed by atoms with van der Waals surface area (Å²) >= 11 is 7.49. The summed E-state index contributed by atoms with van der Waals surface area (Å²) in [5, 5.41) is 9.46. The van der Waals surface area contributed by atoms with Crippen molar-refractivity contribution in [2.24, 2.45) is 0 Å². The van der Waals surface area contributed by atoms with Crippen LogP contribution >= 0.6 is 22.9 Å². The van der Waals surface area contributed by atoms with Crippen LogP contribution in [0.2, 0.25) is 5.02 Å². The van der Waals surface area contributed by atoms with Crippen LogP contribution in [0.15, 0.2) is 60.6 Å². The summed E-state index contributed by atoms with van der Waals surface area (Å²) in [6, 6.07) is 11.6. The molecule has 2 unspecified atom stereocenters. The first-order valence-electron chi connectivity index (χ1n) is 8.98. The van der Waals surface area contributed by atoms with Crippen molar-refractivity contribution in [2.75, 3.05) is 0 Å². The predicted octanol–water partition coefficient (Wildman–Crippen LogP) is 5.20. The van der Waals surface area contributed by atoms with Gasteiger partial charge in [0.1, 0.15) is 5.25 Å². The van der Waals surface area contributed by atoms with E-state index in [-0.39, 0.29) is 5.69 Å². The van der Waals surface area contributed by atoms with Gasteiger partial charge in [-0.15, -0.1) is 17.9 Å². The Hall–Kier alpha value is -2.68. The molecule has 0 amide bonds. The highest BCUT2D eigenvalue weighted by Crippen LogP contribution is 2.36. The minimum Gasteiger partial charge on any atom is -0.481 e. The van der Waals surface area contributed by atoms with Crippen LogP contribution in [-0.2, 0) is 14.8 Å². The third kappa shape index (κ3) is 3.30. The van der Waals surface area contributed by atoms with Gasteiger partial charge in [-0.25, -0.2) is 17.4 Å². The Morgan fingerprint density at radius 1 is 1.27 bits per heavy atom. The maximum absolute atomic E-state index is 13.8. The van der Waals surface area contributed by atoms with Gasteiger partial charge in [0, 0.05) is 16.1 Å². The molecule has 0 spiro atoms. The zero-order valence-corrected chi connectivity index (χ0v) is 18.2. The van der Waals surface area contributed by atoms with Crippen molar-refractivity contribution in [3.05, 3.63) is 76.9 Å². The smallest absolute Gasteiger partial charge is 0.312 e. The van der Waals surface area contributed by atoms with Crippen molar-refractivity contribution in [1.29, 1.82) is 0 Å². The van der Waals surface area contributed by atoms with E-state index in [9.17, 15) is 18.3 Å². The van der Waals surface area contributed by atoms with Crippen molar-refractivity contribution >= 4 is 60.0 Å². The molecule has 2 aromatic heterocycles. The molecule has 154 valence electrons. The van der Waals surface area contributed by atoms with Crippen LogP contribution in [-0.4, -0.2) is 28.5 Å². The average molecular weight is 461 g/mol. The molecule has 0 bridgehead atoms. The van der Waals surface area contributed by atoms with Crippen LogP contribution < -0.4 is 0 Å². The van der Waals surface area contributed by atoms with Gasteiger partial charge in [0.2, 0.25) is 10.0 Å². The van der Waals surface area contributed by atoms with Gasteiger partial charge >= 0.3 is 5.97 Å². The first kappa shape index (κ1) is 20.6. The topological polar surface area (TPSA) is 89.3 Å². The number of rotatable bonds is 6. The van der Waals surface area contributed by atoms with Crippen LogP contribution in [0.5, 0.6) is 0 Å². The molecule has 0 aliphatic heterocycles. The van der Waals surface area contributed by atoms with E-state index in [2.05, 4.69) is 11.6 Å². The Morgan fingerprint density at radius 2 is 2.03 bits per heavy atom. The summed E-state index contributed by atoms with van der Waals surface area (Å²) in [5.74, 6) is -2.16. The molecular formula is C21H17ClN2O4S2. The lowest BCUT2D eigenvalue weighted by Gasteiger charge is -2.20. The number of aliphatic carboxylic acids is 1. The van der Waals surface area contributed by atoms with E-state index in [1.807, 2.05) is 0 Å². The molecule has 0 fully saturated rings. The first-order chi connectivity index (χ1) is 14.2. The Kier molecular flexibility index (Phi) is 5.17. The molecule has 4 rings (SSSR count). The lowest BCUT2D eigenvalue weighted by molar-refractivity contribution is -0.138. The molecule has 2 heterocycles. The van der Waals surface area contributed by atoms with Gasteiger partial charge in [0.15, 0.2) is 0 Å². The standard InChI is InChI=1S/C21H17ClN2O4S2/c1-3-20(13-4-6-16-19(10-13)29-11-23-16)30(27,28)24-17-7-5-15(22)8-14(17)9-18(24)12(2)21(25)26/h3-12,20H,1H2,2H3,(H,25,26). The summed E-state index contributed by atoms with van der Waals surface area (Å²) in [7, 11) is -4.08. The van der Waals surface area contributed by atoms with Crippen LogP contribution in [0.4, 0.5) is 0 Å². The number of carboxylic acids is 1. The first-order valence-corrected chi connectivity index (χ1v) is 11.7. The zero-order chi connectivity index (χ0) is 21.6. The fourth-order valence-electron chi connectivity index (χ4n) is 3.49. The summed E-state index contributed by atoms with van der Waals surface area (Å²) in [6.07, 6.45) is 1.36. The van der Waals surface area contributed by atoms with E-state index < -0.39 is 27.2 Å². The highest BCUT2D eigenvalue weighted by atomic mass is 35.5. The van der Waals surface area contributed by atoms with Crippen molar-refractivity contribution in [3.63, 3.8) is 0 Å². The maximum Gasteiger partial charge on any atom is 0.312 e. The van der Waals surface area contributed by atoms with Crippen LogP contribution in [0, 0.1) is 0 Å². The van der Waals surface area contributed by atoms with Crippen molar-refractivity contribution < 1.29 is 18.3 Å². The molecule has 0 saturated carbocycles. The van der Waals surface area contributed by atoms with Gasteiger partial charge in [0.05, 0.1) is 27.2 Å². The molecule has 2 atom stereocenters. The monoisotopic (exact) mass is 460 g/mol. The summed E-state index contributed by atoms with van der Waals surface area (Å²) < 4.78 is 29.6. The van der Waals surface area contributed by atoms with Gasteiger partial charge in [0.25, 0.3) is 0 Å². The molecule has 4 aromatic rings. The second kappa shape index (κ2) is 7.54. The van der Waals surface area contributed by atoms with Crippen LogP contribution in [0.3, 0.4) is 0 Å². The number of carboxylic acid groups (broad SMARTS) is 1. The van der Waals surface area contributed by atoms with E-state index in [4.69, 9.17) is 11.6 Å². The molecule has 1 N–H and O–H groups in total. The second-order valence-electron chi connectivity index (χ2n) is 6.88. The number of halogens is 1. The Balaban J connectivity index is 1.97. The maximum atomic E-state index is 13.8. The minimum atomic E-state index is -4.08. The SMILES string of the molecule is C=CC(c1ccc2ncsc2c1)S(=O)(=O)n1c(C(C)C(=O)O)cc2cc(Cl)ccc21. The molecule has 0 aliphatic rings. The highest BCUT2D eigenvalue weighted by molar-refractivity contribution is 7.90. The molecule has 2 aromatic carbocycles. The van der Waals surface area contributed by atoms with Gasteiger partial charge in [-0.05, 0) is 48.9 Å². The lowest BCUT2D eigenvalue weighted by Crippen LogP contribution is -2.24. The summed E-state index contributed by atoms with van der Waals surface area (Å²) in [6.45, 7) is 5.20. The molecule has 30 heavy (non-hydrogen) atoms. The Labute approximate surface area is 182 Å². The Morgan fingerprint density at radius 3 is 2.73 bits per heavy atom. The number of hydrogen-bond donors (Lipinski definition) is 1. The largest absolute Gasteiger partial charge is 0.481 e. The number of carbonyl (C=O) groups is 1. The molecular weight excluding hydrogens is 444 g/mol. The second-order valence-corrected chi connectivity index (χ2v) is 10.1. The van der Waals surface area contributed by atoms with Crippen molar-refractivity contribution in [3.8, 4) is 0 Å². The normalized spacial score (nSPS) is 14.1. The minimum absolute atomic E-state index is 0.158. The predicted molar refractivity (Wildman–Crippen MR) is 120 cm³/mol. The summed E-state index contributed by atoms with van der Waals surface area (Å²) in [5.41, 5.74) is 3.54. The van der Waals surface area contributed by atoms with E-state index in [0.29, 0.717) is 21.5 Å². The lowest BCUT2D eigenvalue weighted by atomic mass is 10.1. The number of fused-ring (bicyclic) bond motifs is 2. The number of aromatic nitrogens is 2. The van der Waals surface area contributed by atoms with E-state index >= 15 is 0 Å². The summed E-state index contributed by atoms with van der Waals surface area (Å²) in [4.78, 5) is 15.9. The van der Waals surface area contributed by atoms with Gasteiger partial charge in [-0.1, -0.05) is 23.7 Å². The number of nitrogens with zero attached hydrogens (tertiary/aromatic N) is 2. The van der Waals surface area contributed by atoms with Gasteiger partial charge in [-0.3, -0.25) is 4.79 Å². The molecule has 0 aliphatic carbocycles. The van der Waals surface area contributed by atoms with Crippen molar-refractivity contribution in [1.82, 2.24) is 8.96 Å². The molecule has 0 radical (unpaired) electrons. The third-order valence-corrected chi connectivity index (χ3v) is 8.08. The quantitative estimate of drug-likeness (QED) is 0.399.